The maximum absolute atomic E-state index is 12.5. The molecule has 8 heteroatoms. The molecular formula is C18H25IN4OS2. The highest BCUT2D eigenvalue weighted by Crippen LogP contribution is 2.23. The molecule has 1 amide bonds. The van der Waals surface area contributed by atoms with Gasteiger partial charge in [-0.2, -0.15) is 0 Å². The fraction of sp³-hybridized carbons (Fsp3) is 0.444. The largest absolute Gasteiger partial charge is 0.356 e. The lowest BCUT2D eigenvalue weighted by molar-refractivity contribution is -0.130. The van der Waals surface area contributed by atoms with Crippen LogP contribution in [0.2, 0.25) is 0 Å². The summed E-state index contributed by atoms with van der Waals surface area (Å²) in [6.45, 7) is 4.77. The van der Waals surface area contributed by atoms with E-state index >= 15 is 0 Å². The molecule has 1 unspecified atom stereocenters. The second-order valence-corrected chi connectivity index (χ2v) is 8.14. The van der Waals surface area contributed by atoms with Gasteiger partial charge in [-0.25, -0.2) is 0 Å². The lowest BCUT2D eigenvalue weighted by atomic mass is 10.1. The number of fused-ring (bicyclic) bond motifs is 1. The van der Waals surface area contributed by atoms with Crippen LogP contribution in [0.25, 0.3) is 0 Å². The number of carbonyl (C=O) groups excluding carboxylic acids is 1. The molecule has 1 atom stereocenters. The molecule has 26 heavy (non-hydrogen) atoms. The van der Waals surface area contributed by atoms with Gasteiger partial charge in [-0.05, 0) is 34.9 Å². The predicted octanol–water partition coefficient (Wildman–Crippen LogP) is 3.28. The molecule has 0 aliphatic carbocycles. The molecule has 2 N–H and O–H groups in total. The monoisotopic (exact) mass is 504 g/mol. The van der Waals surface area contributed by atoms with Crippen LogP contribution in [0.4, 0.5) is 0 Å². The number of nitrogens with zero attached hydrogens (tertiary/aromatic N) is 2. The van der Waals surface area contributed by atoms with Crippen LogP contribution in [0.1, 0.15) is 28.2 Å². The summed E-state index contributed by atoms with van der Waals surface area (Å²) < 4.78 is 0. The molecule has 2 aromatic rings. The van der Waals surface area contributed by atoms with Crippen molar-refractivity contribution in [3.05, 3.63) is 44.3 Å². The Balaban J connectivity index is 0.00000243. The van der Waals surface area contributed by atoms with Gasteiger partial charge < -0.3 is 15.5 Å². The van der Waals surface area contributed by atoms with Gasteiger partial charge in [0.15, 0.2) is 5.96 Å². The number of halogens is 1. The number of thiophene rings is 2. The van der Waals surface area contributed by atoms with E-state index in [2.05, 4.69) is 51.5 Å². The van der Waals surface area contributed by atoms with Gasteiger partial charge in [-0.15, -0.1) is 46.7 Å². The molecule has 3 rings (SSSR count). The Labute approximate surface area is 179 Å². The number of aliphatic imine (C=N–C) groups is 1. The van der Waals surface area contributed by atoms with E-state index in [9.17, 15) is 4.79 Å². The first kappa shape index (κ1) is 21.2. The van der Waals surface area contributed by atoms with Crippen molar-refractivity contribution in [1.29, 1.82) is 0 Å². The number of nitrogens with one attached hydrogen (secondary N) is 2. The summed E-state index contributed by atoms with van der Waals surface area (Å²) in [5.74, 6) is 1.20. The van der Waals surface area contributed by atoms with Gasteiger partial charge in [-0.1, -0.05) is 13.0 Å². The fourth-order valence-electron chi connectivity index (χ4n) is 2.88. The van der Waals surface area contributed by atoms with Gasteiger partial charge in [0.1, 0.15) is 0 Å². The van der Waals surface area contributed by atoms with Crippen LogP contribution in [-0.4, -0.2) is 43.4 Å². The summed E-state index contributed by atoms with van der Waals surface area (Å²) in [6, 6.07) is 6.34. The van der Waals surface area contributed by atoms with E-state index in [4.69, 9.17) is 0 Å². The van der Waals surface area contributed by atoms with Gasteiger partial charge in [0.25, 0.3) is 0 Å². The molecule has 5 nitrogen and oxygen atoms in total. The molecule has 0 bridgehead atoms. The SMILES string of the molecule is CN=C(NCC(=O)N1CCc2sccc2C1)NCC(C)c1cccs1.I. The first-order valence-electron chi connectivity index (χ1n) is 8.48. The van der Waals surface area contributed by atoms with E-state index in [1.807, 2.05) is 4.90 Å². The Morgan fingerprint density at radius 2 is 2.15 bits per heavy atom. The van der Waals surface area contributed by atoms with Crippen molar-refractivity contribution < 1.29 is 4.79 Å². The molecular weight excluding hydrogens is 479 g/mol. The molecule has 0 saturated carbocycles. The first-order chi connectivity index (χ1) is 12.2. The summed E-state index contributed by atoms with van der Waals surface area (Å²) in [4.78, 5) is 21.4. The van der Waals surface area contributed by atoms with Crippen LogP contribution in [0.15, 0.2) is 34.0 Å². The topological polar surface area (TPSA) is 56.7 Å². The van der Waals surface area contributed by atoms with Crippen LogP contribution in [0.5, 0.6) is 0 Å². The zero-order valence-corrected chi connectivity index (χ0v) is 19.0. The quantitative estimate of drug-likeness (QED) is 0.374. The van der Waals surface area contributed by atoms with Gasteiger partial charge in [0.2, 0.25) is 5.91 Å². The smallest absolute Gasteiger partial charge is 0.242 e. The summed E-state index contributed by atoms with van der Waals surface area (Å²) >= 11 is 3.55. The van der Waals surface area contributed by atoms with Crippen molar-refractivity contribution in [1.82, 2.24) is 15.5 Å². The molecule has 3 heterocycles. The van der Waals surface area contributed by atoms with Gasteiger partial charge in [0.05, 0.1) is 6.54 Å². The van der Waals surface area contributed by atoms with Crippen LogP contribution >= 0.6 is 46.7 Å². The summed E-state index contributed by atoms with van der Waals surface area (Å²) in [5, 5.41) is 10.6. The summed E-state index contributed by atoms with van der Waals surface area (Å²) in [5.41, 5.74) is 1.29. The molecule has 142 valence electrons. The van der Waals surface area contributed by atoms with E-state index in [0.717, 1.165) is 26.1 Å². The second kappa shape index (κ2) is 10.3. The minimum absolute atomic E-state index is 0. The highest BCUT2D eigenvalue weighted by Gasteiger charge is 2.21. The van der Waals surface area contributed by atoms with Crippen molar-refractivity contribution in [2.24, 2.45) is 4.99 Å². The van der Waals surface area contributed by atoms with Gasteiger partial charge in [-0.3, -0.25) is 9.79 Å². The zero-order valence-electron chi connectivity index (χ0n) is 15.0. The molecule has 1 aliphatic heterocycles. The van der Waals surface area contributed by atoms with Crippen molar-refractivity contribution >= 4 is 58.5 Å². The Bertz CT molecular complexity index is 729. The van der Waals surface area contributed by atoms with Crippen molar-refractivity contribution in [2.45, 2.75) is 25.8 Å². The lowest BCUT2D eigenvalue weighted by Crippen LogP contribution is -2.46. The number of hydrogen-bond acceptors (Lipinski definition) is 4. The van der Waals surface area contributed by atoms with E-state index in [1.165, 1.54) is 15.3 Å². The van der Waals surface area contributed by atoms with Gasteiger partial charge in [0, 0.05) is 42.4 Å². The van der Waals surface area contributed by atoms with Gasteiger partial charge >= 0.3 is 0 Å². The normalized spacial score (nSPS) is 15.0. The van der Waals surface area contributed by atoms with Crippen molar-refractivity contribution in [3.63, 3.8) is 0 Å². The third-order valence-electron chi connectivity index (χ3n) is 4.40. The molecule has 0 aromatic carbocycles. The van der Waals surface area contributed by atoms with Crippen LogP contribution < -0.4 is 10.6 Å². The molecule has 0 spiro atoms. The van der Waals surface area contributed by atoms with E-state index < -0.39 is 0 Å². The minimum Gasteiger partial charge on any atom is -0.356 e. The Kier molecular flexibility index (Phi) is 8.36. The third-order valence-corrected chi connectivity index (χ3v) is 6.52. The Morgan fingerprint density at radius 1 is 1.31 bits per heavy atom. The van der Waals surface area contributed by atoms with Crippen LogP contribution in [0, 0.1) is 0 Å². The number of carbonyl (C=O) groups is 1. The Morgan fingerprint density at radius 3 is 2.88 bits per heavy atom. The van der Waals surface area contributed by atoms with Crippen LogP contribution in [-0.2, 0) is 17.8 Å². The molecule has 2 aromatic heterocycles. The van der Waals surface area contributed by atoms with E-state index in [-0.39, 0.29) is 36.4 Å². The van der Waals surface area contributed by atoms with E-state index in [1.54, 1.807) is 29.7 Å². The lowest BCUT2D eigenvalue weighted by Gasteiger charge is -2.27. The number of amides is 1. The number of guanidine groups is 1. The first-order valence-corrected chi connectivity index (χ1v) is 10.2. The van der Waals surface area contributed by atoms with Crippen molar-refractivity contribution in [2.75, 3.05) is 26.7 Å². The Hall–Kier alpha value is -1.13. The van der Waals surface area contributed by atoms with E-state index in [0.29, 0.717) is 11.9 Å². The highest BCUT2D eigenvalue weighted by atomic mass is 127. The third kappa shape index (κ3) is 5.43. The standard InChI is InChI=1S/C18H24N4OS2.HI/c1-13(15-4-3-8-24-15)10-20-18(19-2)21-11-17(23)22-7-5-16-14(12-22)6-9-25-16;/h3-4,6,8-9,13H,5,7,10-12H2,1-2H3,(H2,19,20,21);1H. The average Bonchev–Trinajstić information content (AvgIpc) is 3.32. The van der Waals surface area contributed by atoms with Crippen molar-refractivity contribution in [3.8, 4) is 0 Å². The molecule has 0 fully saturated rings. The number of hydrogen-bond donors (Lipinski definition) is 2. The molecule has 0 radical (unpaired) electrons. The molecule has 0 saturated heterocycles. The zero-order chi connectivity index (χ0) is 17.6. The fourth-order valence-corrected chi connectivity index (χ4v) is 4.55. The highest BCUT2D eigenvalue weighted by molar-refractivity contribution is 14.0. The maximum atomic E-state index is 12.5. The maximum Gasteiger partial charge on any atom is 0.242 e. The number of rotatable bonds is 5. The predicted molar refractivity (Wildman–Crippen MR) is 121 cm³/mol. The minimum atomic E-state index is 0. The molecule has 1 aliphatic rings. The summed E-state index contributed by atoms with van der Waals surface area (Å²) in [6.07, 6.45) is 0.962. The second-order valence-electron chi connectivity index (χ2n) is 6.16. The van der Waals surface area contributed by atoms with Crippen LogP contribution in [0.3, 0.4) is 0 Å². The summed E-state index contributed by atoms with van der Waals surface area (Å²) in [7, 11) is 1.73. The average molecular weight is 504 g/mol.